The molecule has 0 bridgehead atoms. The zero-order chi connectivity index (χ0) is 13.2. The van der Waals surface area contributed by atoms with Gasteiger partial charge in [-0.3, -0.25) is 4.79 Å². The lowest BCUT2D eigenvalue weighted by molar-refractivity contribution is -0.145. The molecular formula is C15H18O3. The van der Waals surface area contributed by atoms with Crippen molar-refractivity contribution in [3.8, 4) is 5.75 Å². The molecule has 0 radical (unpaired) electrons. The van der Waals surface area contributed by atoms with Gasteiger partial charge < -0.3 is 9.47 Å². The molecule has 18 heavy (non-hydrogen) atoms. The van der Waals surface area contributed by atoms with Crippen molar-refractivity contribution in [3.05, 3.63) is 35.9 Å². The summed E-state index contributed by atoms with van der Waals surface area (Å²) in [6, 6.07) is 7.85. The van der Waals surface area contributed by atoms with Crippen molar-refractivity contribution in [1.82, 2.24) is 0 Å². The minimum absolute atomic E-state index is 0.229. The molecule has 1 unspecified atom stereocenters. The second-order valence-corrected chi connectivity index (χ2v) is 4.51. The van der Waals surface area contributed by atoms with Gasteiger partial charge in [0.2, 0.25) is 0 Å². The van der Waals surface area contributed by atoms with Crippen molar-refractivity contribution in [2.75, 3.05) is 6.61 Å². The number of benzene rings is 1. The fourth-order valence-corrected chi connectivity index (χ4v) is 2.44. The lowest BCUT2D eigenvalue weighted by Crippen LogP contribution is -2.33. The Morgan fingerprint density at radius 3 is 2.83 bits per heavy atom. The highest BCUT2D eigenvalue weighted by Crippen LogP contribution is 2.45. The van der Waals surface area contributed by atoms with Crippen LogP contribution in [0.1, 0.15) is 32.8 Å². The van der Waals surface area contributed by atoms with Crippen LogP contribution in [0.25, 0.3) is 5.57 Å². The molecule has 0 spiro atoms. The molecule has 0 aromatic heterocycles. The van der Waals surface area contributed by atoms with Crippen molar-refractivity contribution in [3.63, 3.8) is 0 Å². The third-order valence-corrected chi connectivity index (χ3v) is 3.16. The topological polar surface area (TPSA) is 35.5 Å². The van der Waals surface area contributed by atoms with Crippen LogP contribution < -0.4 is 4.74 Å². The fraction of sp³-hybridized carbons (Fsp3) is 0.400. The van der Waals surface area contributed by atoms with Gasteiger partial charge in [0.1, 0.15) is 11.4 Å². The molecule has 0 amide bonds. The fourth-order valence-electron chi connectivity index (χ4n) is 2.44. The van der Waals surface area contributed by atoms with Crippen LogP contribution in [-0.2, 0) is 9.53 Å². The molecule has 1 aliphatic heterocycles. The zero-order valence-corrected chi connectivity index (χ0v) is 11.0. The summed E-state index contributed by atoms with van der Waals surface area (Å²) in [5.41, 5.74) is 1.49. The standard InChI is InChI=1S/C15H18O3/c1-4-12-11-8-6-7-9-13(11)18-15(12,3)10-14(16)17-5-2/h4,6-9H,5,10H2,1-3H3/b12-4+. The molecule has 1 aromatic rings. The van der Waals surface area contributed by atoms with Crippen LogP contribution in [0.5, 0.6) is 5.75 Å². The van der Waals surface area contributed by atoms with Crippen LogP contribution in [0, 0.1) is 0 Å². The number of esters is 1. The average molecular weight is 246 g/mol. The van der Waals surface area contributed by atoms with Gasteiger partial charge in [0.15, 0.2) is 0 Å². The number of fused-ring (bicyclic) bond motifs is 1. The van der Waals surface area contributed by atoms with Gasteiger partial charge in [-0.2, -0.15) is 0 Å². The summed E-state index contributed by atoms with van der Waals surface area (Å²) in [7, 11) is 0. The minimum Gasteiger partial charge on any atom is -0.482 e. The first-order chi connectivity index (χ1) is 8.60. The first kappa shape index (κ1) is 12.7. The quantitative estimate of drug-likeness (QED) is 0.768. The van der Waals surface area contributed by atoms with Crippen molar-refractivity contribution < 1.29 is 14.3 Å². The SMILES string of the molecule is C/C=C1\c2ccccc2OC1(C)CC(=O)OCC. The molecule has 0 saturated carbocycles. The lowest BCUT2D eigenvalue weighted by atomic mass is 9.89. The van der Waals surface area contributed by atoms with E-state index in [9.17, 15) is 4.79 Å². The predicted molar refractivity (Wildman–Crippen MR) is 70.4 cm³/mol. The average Bonchev–Trinajstić information content (AvgIpc) is 2.59. The Balaban J connectivity index is 2.29. The van der Waals surface area contributed by atoms with Crippen molar-refractivity contribution in [1.29, 1.82) is 0 Å². The van der Waals surface area contributed by atoms with Crippen LogP contribution in [0.4, 0.5) is 0 Å². The normalized spacial score (nSPS) is 23.6. The summed E-state index contributed by atoms with van der Waals surface area (Å²) >= 11 is 0. The van der Waals surface area contributed by atoms with E-state index in [1.54, 1.807) is 6.92 Å². The highest BCUT2D eigenvalue weighted by molar-refractivity contribution is 5.84. The summed E-state index contributed by atoms with van der Waals surface area (Å²) in [6.45, 7) is 6.09. The highest BCUT2D eigenvalue weighted by Gasteiger charge is 2.41. The van der Waals surface area contributed by atoms with E-state index >= 15 is 0 Å². The van der Waals surface area contributed by atoms with E-state index < -0.39 is 5.60 Å². The Morgan fingerprint density at radius 1 is 1.44 bits per heavy atom. The Labute approximate surface area is 107 Å². The number of carbonyl (C=O) groups is 1. The highest BCUT2D eigenvalue weighted by atomic mass is 16.5. The molecule has 1 heterocycles. The number of hydrogen-bond donors (Lipinski definition) is 0. The van der Waals surface area contributed by atoms with Gasteiger partial charge in [0.05, 0.1) is 13.0 Å². The van der Waals surface area contributed by atoms with Crippen molar-refractivity contribution in [2.45, 2.75) is 32.8 Å². The summed E-state index contributed by atoms with van der Waals surface area (Å²) in [5, 5.41) is 0. The van der Waals surface area contributed by atoms with Crippen molar-refractivity contribution >= 4 is 11.5 Å². The largest absolute Gasteiger partial charge is 0.482 e. The van der Waals surface area contributed by atoms with E-state index in [-0.39, 0.29) is 12.4 Å². The minimum atomic E-state index is -0.620. The number of ether oxygens (including phenoxy) is 2. The number of para-hydroxylation sites is 1. The molecular weight excluding hydrogens is 228 g/mol. The van der Waals surface area contributed by atoms with Crippen LogP contribution in [-0.4, -0.2) is 18.2 Å². The summed E-state index contributed by atoms with van der Waals surface area (Å²) in [4.78, 5) is 11.7. The molecule has 0 saturated heterocycles. The van der Waals surface area contributed by atoms with Gasteiger partial charge in [-0.05, 0) is 26.8 Å². The zero-order valence-electron chi connectivity index (χ0n) is 11.0. The summed E-state index contributed by atoms with van der Waals surface area (Å²) in [5.74, 6) is 0.601. The molecule has 3 nitrogen and oxygen atoms in total. The molecule has 0 N–H and O–H groups in total. The number of carbonyl (C=O) groups excluding carboxylic acids is 1. The van der Waals surface area contributed by atoms with Crippen LogP contribution in [0.3, 0.4) is 0 Å². The van der Waals surface area contributed by atoms with Gasteiger partial charge in [0.25, 0.3) is 0 Å². The van der Waals surface area contributed by atoms with Crippen LogP contribution >= 0.6 is 0 Å². The van der Waals surface area contributed by atoms with E-state index in [0.29, 0.717) is 6.61 Å². The molecule has 0 aliphatic carbocycles. The molecule has 96 valence electrons. The smallest absolute Gasteiger partial charge is 0.310 e. The third-order valence-electron chi connectivity index (χ3n) is 3.16. The molecule has 1 aliphatic rings. The monoisotopic (exact) mass is 246 g/mol. The van der Waals surface area contributed by atoms with Gasteiger partial charge in [-0.1, -0.05) is 24.3 Å². The molecule has 3 heteroatoms. The number of rotatable bonds is 3. The first-order valence-corrected chi connectivity index (χ1v) is 6.21. The van der Waals surface area contributed by atoms with E-state index in [1.165, 1.54) is 0 Å². The van der Waals surface area contributed by atoms with Gasteiger partial charge in [0, 0.05) is 11.1 Å². The molecule has 2 rings (SSSR count). The number of hydrogen-bond acceptors (Lipinski definition) is 3. The Bertz CT molecular complexity index is 490. The predicted octanol–water partition coefficient (Wildman–Crippen LogP) is 3.19. The second-order valence-electron chi connectivity index (χ2n) is 4.51. The van der Waals surface area contributed by atoms with E-state index in [4.69, 9.17) is 9.47 Å². The molecule has 1 aromatic carbocycles. The van der Waals surface area contributed by atoms with Crippen LogP contribution in [0.2, 0.25) is 0 Å². The Hall–Kier alpha value is -1.77. The summed E-state index contributed by atoms with van der Waals surface area (Å²) < 4.78 is 11.0. The first-order valence-electron chi connectivity index (χ1n) is 6.21. The maximum Gasteiger partial charge on any atom is 0.310 e. The maximum atomic E-state index is 11.7. The van der Waals surface area contributed by atoms with Gasteiger partial charge >= 0.3 is 5.97 Å². The maximum absolute atomic E-state index is 11.7. The van der Waals surface area contributed by atoms with Crippen LogP contribution in [0.15, 0.2) is 30.3 Å². The second kappa shape index (κ2) is 4.84. The Morgan fingerprint density at radius 2 is 2.17 bits per heavy atom. The lowest BCUT2D eigenvalue weighted by Gasteiger charge is -2.24. The van der Waals surface area contributed by atoms with E-state index in [2.05, 4.69) is 0 Å². The summed E-state index contributed by atoms with van der Waals surface area (Å²) in [6.07, 6.45) is 2.24. The van der Waals surface area contributed by atoms with E-state index in [1.807, 2.05) is 44.2 Å². The van der Waals surface area contributed by atoms with E-state index in [0.717, 1.165) is 16.9 Å². The Kier molecular flexibility index (Phi) is 3.41. The molecule has 1 atom stereocenters. The van der Waals surface area contributed by atoms with Crippen molar-refractivity contribution in [2.24, 2.45) is 0 Å². The number of allylic oxidation sites excluding steroid dienone is 1. The molecule has 0 fully saturated rings. The van der Waals surface area contributed by atoms with Gasteiger partial charge in [-0.15, -0.1) is 0 Å². The van der Waals surface area contributed by atoms with Gasteiger partial charge in [-0.25, -0.2) is 0 Å². The third kappa shape index (κ3) is 2.13.